The van der Waals surface area contributed by atoms with Crippen LogP contribution in [0.4, 0.5) is 0 Å². The molecule has 2 amide bonds. The molecular formula is C20H32Cl2N2O2. The monoisotopic (exact) mass is 402 g/mol. The third-order valence-corrected chi connectivity index (χ3v) is 7.47. The molecule has 3 unspecified atom stereocenters. The molecule has 1 aliphatic heterocycles. The van der Waals surface area contributed by atoms with Gasteiger partial charge in [-0.15, -0.1) is 23.2 Å². The van der Waals surface area contributed by atoms with Crippen LogP contribution in [0.25, 0.3) is 0 Å². The van der Waals surface area contributed by atoms with Crippen LogP contribution >= 0.6 is 23.2 Å². The summed E-state index contributed by atoms with van der Waals surface area (Å²) in [6.45, 7) is 4.86. The van der Waals surface area contributed by atoms with Gasteiger partial charge in [0, 0.05) is 29.3 Å². The van der Waals surface area contributed by atoms with Crippen molar-refractivity contribution < 1.29 is 9.59 Å². The molecule has 148 valence electrons. The highest BCUT2D eigenvalue weighted by Gasteiger charge is 2.47. The van der Waals surface area contributed by atoms with Crippen molar-refractivity contribution in [3.05, 3.63) is 0 Å². The van der Waals surface area contributed by atoms with Crippen LogP contribution in [-0.4, -0.2) is 57.5 Å². The van der Waals surface area contributed by atoms with Gasteiger partial charge in [-0.3, -0.25) is 9.59 Å². The number of piperazine rings is 1. The summed E-state index contributed by atoms with van der Waals surface area (Å²) in [5.74, 6) is 0.717. The summed E-state index contributed by atoms with van der Waals surface area (Å²) in [7, 11) is 0. The first-order valence-electron chi connectivity index (χ1n) is 10.3. The topological polar surface area (TPSA) is 40.6 Å². The molecule has 3 fully saturated rings. The minimum atomic E-state index is -0.379. The lowest BCUT2D eigenvalue weighted by Gasteiger charge is -2.48. The molecule has 3 rings (SSSR count). The lowest BCUT2D eigenvalue weighted by atomic mass is 9.80. The minimum Gasteiger partial charge on any atom is -0.329 e. The Morgan fingerprint density at radius 2 is 1.65 bits per heavy atom. The molecule has 1 saturated heterocycles. The van der Waals surface area contributed by atoms with E-state index in [1.165, 1.54) is 0 Å². The zero-order chi connectivity index (χ0) is 18.8. The van der Waals surface area contributed by atoms with Crippen LogP contribution in [0.3, 0.4) is 0 Å². The fourth-order valence-corrected chi connectivity index (χ4v) is 5.56. The molecule has 3 atom stereocenters. The quantitative estimate of drug-likeness (QED) is 0.665. The van der Waals surface area contributed by atoms with Crippen molar-refractivity contribution in [3.63, 3.8) is 0 Å². The van der Waals surface area contributed by atoms with Crippen molar-refractivity contribution in [2.45, 2.75) is 88.1 Å². The third kappa shape index (κ3) is 4.32. The van der Waals surface area contributed by atoms with Gasteiger partial charge < -0.3 is 9.80 Å². The maximum atomic E-state index is 13.3. The summed E-state index contributed by atoms with van der Waals surface area (Å²) in [6, 6.07) is -0.338. The molecule has 1 heterocycles. The first kappa shape index (κ1) is 20.3. The fraction of sp³-hybridized carbons (Fsp3) is 0.900. The second kappa shape index (κ2) is 8.68. The van der Waals surface area contributed by atoms with Crippen LogP contribution < -0.4 is 0 Å². The molecule has 0 aromatic heterocycles. The Hall–Kier alpha value is -0.480. The van der Waals surface area contributed by atoms with Crippen LogP contribution in [0.1, 0.15) is 65.2 Å². The fourth-order valence-electron chi connectivity index (χ4n) is 4.89. The maximum Gasteiger partial charge on any atom is 0.246 e. The molecule has 0 aromatic carbocycles. The molecular weight excluding hydrogens is 371 g/mol. The summed E-state index contributed by atoms with van der Waals surface area (Å²) in [5, 5.41) is 0.251. The van der Waals surface area contributed by atoms with Crippen LogP contribution in [0.15, 0.2) is 0 Å². The number of alkyl halides is 2. The summed E-state index contributed by atoms with van der Waals surface area (Å²) in [6.07, 6.45) is 8.19. The molecule has 0 spiro atoms. The highest BCUT2D eigenvalue weighted by atomic mass is 35.5. The Morgan fingerprint density at radius 3 is 2.27 bits per heavy atom. The zero-order valence-corrected chi connectivity index (χ0v) is 17.5. The summed E-state index contributed by atoms with van der Waals surface area (Å²) in [5.41, 5.74) is 0. The second-order valence-electron chi connectivity index (χ2n) is 8.63. The predicted molar refractivity (Wildman–Crippen MR) is 106 cm³/mol. The lowest BCUT2D eigenvalue weighted by Crippen LogP contribution is -2.65. The Bertz CT molecular complexity index is 520. The number of rotatable bonds is 4. The number of nitrogens with zero attached hydrogens (tertiary/aromatic N) is 2. The molecule has 2 saturated carbocycles. The lowest BCUT2D eigenvalue weighted by molar-refractivity contribution is -0.161. The van der Waals surface area contributed by atoms with Crippen molar-refractivity contribution >= 4 is 35.0 Å². The largest absolute Gasteiger partial charge is 0.329 e. The normalized spacial score (nSPS) is 36.7. The first-order valence-corrected chi connectivity index (χ1v) is 11.1. The Morgan fingerprint density at radius 1 is 1.00 bits per heavy atom. The third-order valence-electron chi connectivity index (χ3n) is 6.49. The van der Waals surface area contributed by atoms with E-state index >= 15 is 0 Å². The highest BCUT2D eigenvalue weighted by Crippen LogP contribution is 2.37. The van der Waals surface area contributed by atoms with Crippen molar-refractivity contribution in [2.75, 3.05) is 13.1 Å². The van der Waals surface area contributed by atoms with Crippen LogP contribution in [-0.2, 0) is 9.59 Å². The van der Waals surface area contributed by atoms with Gasteiger partial charge >= 0.3 is 0 Å². The molecule has 2 aliphatic carbocycles. The average molecular weight is 403 g/mol. The van der Waals surface area contributed by atoms with Gasteiger partial charge in [0.25, 0.3) is 0 Å². The number of hydrogen-bond acceptors (Lipinski definition) is 2. The highest BCUT2D eigenvalue weighted by molar-refractivity contribution is 6.21. The Balaban J connectivity index is 1.81. The van der Waals surface area contributed by atoms with Crippen molar-refractivity contribution in [1.82, 2.24) is 9.80 Å². The van der Waals surface area contributed by atoms with Gasteiger partial charge in [0.15, 0.2) is 0 Å². The average Bonchev–Trinajstić information content (AvgIpc) is 2.60. The van der Waals surface area contributed by atoms with E-state index in [2.05, 4.69) is 0 Å². The maximum absolute atomic E-state index is 13.3. The van der Waals surface area contributed by atoms with E-state index in [4.69, 9.17) is 23.2 Å². The molecule has 26 heavy (non-hydrogen) atoms. The molecule has 6 heteroatoms. The smallest absolute Gasteiger partial charge is 0.246 e. The van der Waals surface area contributed by atoms with E-state index in [0.717, 1.165) is 51.4 Å². The molecule has 4 nitrogen and oxygen atoms in total. The van der Waals surface area contributed by atoms with Crippen LogP contribution in [0.2, 0.25) is 0 Å². The van der Waals surface area contributed by atoms with E-state index in [0.29, 0.717) is 12.5 Å². The zero-order valence-electron chi connectivity index (χ0n) is 16.0. The predicted octanol–water partition coefficient (Wildman–Crippen LogP) is 4.03. The molecule has 0 bridgehead atoms. The van der Waals surface area contributed by atoms with E-state index in [9.17, 15) is 9.59 Å². The number of halogens is 2. The van der Waals surface area contributed by atoms with Crippen LogP contribution in [0.5, 0.6) is 0 Å². The summed E-state index contributed by atoms with van der Waals surface area (Å²) >= 11 is 12.9. The van der Waals surface area contributed by atoms with Gasteiger partial charge in [-0.25, -0.2) is 0 Å². The van der Waals surface area contributed by atoms with E-state index in [1.807, 2.05) is 18.7 Å². The van der Waals surface area contributed by atoms with E-state index < -0.39 is 0 Å². The SMILES string of the molecule is CC(C)N1CC(=O)N(CC2CCC(Cl)CC2)C(C2CCCCC2Cl)C1=O. The Kier molecular flexibility index (Phi) is 6.77. The standard InChI is InChI=1S/C20H32Cl2N2O2/c1-13(2)23-12-18(25)24(11-14-7-9-15(21)10-8-14)19(20(23)26)16-5-3-4-6-17(16)22/h13-17,19H,3-12H2,1-2H3. The van der Waals surface area contributed by atoms with E-state index in [-0.39, 0.29) is 47.1 Å². The van der Waals surface area contributed by atoms with Crippen molar-refractivity contribution in [2.24, 2.45) is 11.8 Å². The number of hydrogen-bond donors (Lipinski definition) is 0. The van der Waals surface area contributed by atoms with Gasteiger partial charge in [-0.2, -0.15) is 0 Å². The van der Waals surface area contributed by atoms with Gasteiger partial charge in [-0.05, 0) is 58.3 Å². The van der Waals surface area contributed by atoms with Crippen molar-refractivity contribution in [1.29, 1.82) is 0 Å². The van der Waals surface area contributed by atoms with E-state index in [1.54, 1.807) is 4.90 Å². The van der Waals surface area contributed by atoms with Gasteiger partial charge in [-0.1, -0.05) is 12.8 Å². The van der Waals surface area contributed by atoms with Gasteiger partial charge in [0.05, 0.1) is 0 Å². The number of amides is 2. The first-order chi connectivity index (χ1) is 12.4. The molecule has 0 N–H and O–H groups in total. The minimum absolute atomic E-state index is 0.0151. The summed E-state index contributed by atoms with van der Waals surface area (Å²) in [4.78, 5) is 30.0. The van der Waals surface area contributed by atoms with Gasteiger partial charge in [0.1, 0.15) is 12.6 Å². The summed E-state index contributed by atoms with van der Waals surface area (Å²) < 4.78 is 0. The van der Waals surface area contributed by atoms with Crippen LogP contribution in [0, 0.1) is 11.8 Å². The van der Waals surface area contributed by atoms with Gasteiger partial charge in [0.2, 0.25) is 11.8 Å². The Labute approximate surface area is 167 Å². The molecule has 0 radical (unpaired) electrons. The second-order valence-corrected chi connectivity index (χ2v) is 9.81. The number of carbonyl (C=O) groups is 2. The van der Waals surface area contributed by atoms with Crippen molar-refractivity contribution in [3.8, 4) is 0 Å². The molecule has 0 aromatic rings. The molecule has 3 aliphatic rings. The number of carbonyl (C=O) groups excluding carboxylic acids is 2.